The summed E-state index contributed by atoms with van der Waals surface area (Å²) in [5, 5.41) is 3.34. The molecular formula is C16H26FNO2S. The Morgan fingerprint density at radius 1 is 1.19 bits per heavy atom. The van der Waals surface area contributed by atoms with E-state index in [-0.39, 0.29) is 17.5 Å². The lowest BCUT2D eigenvalue weighted by molar-refractivity contribution is 0.482. The number of hydrogen-bond donors (Lipinski definition) is 1. The van der Waals surface area contributed by atoms with Gasteiger partial charge in [-0.1, -0.05) is 32.0 Å². The first-order valence-electron chi connectivity index (χ1n) is 7.42. The maximum absolute atomic E-state index is 13.9. The lowest BCUT2D eigenvalue weighted by atomic mass is 9.94. The lowest BCUT2D eigenvalue weighted by Crippen LogP contribution is -2.26. The second-order valence-corrected chi connectivity index (χ2v) is 8.30. The van der Waals surface area contributed by atoms with Crippen molar-refractivity contribution in [3.8, 4) is 0 Å². The Balaban J connectivity index is 2.68. The van der Waals surface area contributed by atoms with Crippen LogP contribution in [0.25, 0.3) is 0 Å². The van der Waals surface area contributed by atoms with E-state index in [2.05, 4.69) is 19.2 Å². The zero-order valence-electron chi connectivity index (χ0n) is 13.1. The molecule has 0 radical (unpaired) electrons. The van der Waals surface area contributed by atoms with Gasteiger partial charge < -0.3 is 5.32 Å². The Morgan fingerprint density at radius 3 is 2.43 bits per heavy atom. The molecule has 0 aliphatic rings. The van der Waals surface area contributed by atoms with E-state index in [4.69, 9.17) is 0 Å². The number of benzene rings is 1. The highest BCUT2D eigenvalue weighted by molar-refractivity contribution is 7.90. The predicted molar refractivity (Wildman–Crippen MR) is 85.8 cm³/mol. The smallest absolute Gasteiger partial charge is 0.147 e. The van der Waals surface area contributed by atoms with E-state index in [9.17, 15) is 12.8 Å². The van der Waals surface area contributed by atoms with Crippen LogP contribution in [0.15, 0.2) is 24.3 Å². The van der Waals surface area contributed by atoms with Crippen LogP contribution in [0, 0.1) is 11.7 Å². The Hall–Kier alpha value is -0.940. The van der Waals surface area contributed by atoms with Gasteiger partial charge in [0.25, 0.3) is 0 Å². The van der Waals surface area contributed by atoms with Gasteiger partial charge in [0.1, 0.15) is 15.7 Å². The Kier molecular flexibility index (Phi) is 7.32. The van der Waals surface area contributed by atoms with E-state index < -0.39 is 9.84 Å². The Morgan fingerprint density at radius 2 is 1.86 bits per heavy atom. The molecule has 1 aromatic rings. The molecule has 0 aliphatic carbocycles. The average Bonchev–Trinajstić information content (AvgIpc) is 2.36. The molecule has 1 unspecified atom stereocenters. The summed E-state index contributed by atoms with van der Waals surface area (Å²) in [5.74, 6) is 0.476. The first-order valence-corrected chi connectivity index (χ1v) is 9.48. The van der Waals surface area contributed by atoms with Gasteiger partial charge in [-0.25, -0.2) is 12.8 Å². The molecule has 0 aromatic heterocycles. The average molecular weight is 315 g/mol. The van der Waals surface area contributed by atoms with Crippen LogP contribution >= 0.6 is 0 Å². The Labute approximate surface area is 127 Å². The molecule has 0 amide bonds. The van der Waals surface area contributed by atoms with Gasteiger partial charge in [0.2, 0.25) is 0 Å². The molecule has 5 heteroatoms. The zero-order chi connectivity index (χ0) is 15.9. The standard InChI is InChI=1S/C16H26FNO2S/c1-13(2)11-18-12-14(7-6-10-21(3,19)20)15-8-4-5-9-16(15)17/h4-5,8-9,13-14,18H,6-7,10-12H2,1-3H3. The third-order valence-electron chi connectivity index (χ3n) is 3.36. The molecule has 0 aliphatic heterocycles. The first kappa shape index (κ1) is 18.1. The zero-order valence-corrected chi connectivity index (χ0v) is 13.9. The minimum Gasteiger partial charge on any atom is -0.316 e. The van der Waals surface area contributed by atoms with Gasteiger partial charge in [0.15, 0.2) is 0 Å². The number of sulfone groups is 1. The van der Waals surface area contributed by atoms with Gasteiger partial charge in [-0.05, 0) is 42.9 Å². The second kappa shape index (κ2) is 8.49. The van der Waals surface area contributed by atoms with Crippen LogP contribution in [-0.2, 0) is 9.84 Å². The normalized spacial score (nSPS) is 13.6. The number of hydrogen-bond acceptors (Lipinski definition) is 3. The second-order valence-electron chi connectivity index (χ2n) is 6.04. The quantitative estimate of drug-likeness (QED) is 0.762. The van der Waals surface area contributed by atoms with Crippen molar-refractivity contribution in [1.82, 2.24) is 5.32 Å². The van der Waals surface area contributed by atoms with Crippen molar-refractivity contribution in [2.75, 3.05) is 25.1 Å². The number of rotatable bonds is 9. The van der Waals surface area contributed by atoms with Gasteiger partial charge in [-0.15, -0.1) is 0 Å². The highest BCUT2D eigenvalue weighted by Gasteiger charge is 2.16. The summed E-state index contributed by atoms with van der Waals surface area (Å²) in [6.45, 7) is 5.78. The SMILES string of the molecule is CC(C)CNCC(CCCS(C)(=O)=O)c1ccccc1F. The van der Waals surface area contributed by atoms with Crippen LogP contribution in [0.3, 0.4) is 0 Å². The van der Waals surface area contributed by atoms with Gasteiger partial charge in [0.05, 0.1) is 0 Å². The molecule has 0 spiro atoms. The highest BCUT2D eigenvalue weighted by atomic mass is 32.2. The maximum atomic E-state index is 13.9. The van der Waals surface area contributed by atoms with E-state index in [1.54, 1.807) is 12.1 Å². The van der Waals surface area contributed by atoms with Crippen molar-refractivity contribution in [3.05, 3.63) is 35.6 Å². The summed E-state index contributed by atoms with van der Waals surface area (Å²) in [5.41, 5.74) is 0.669. The lowest BCUT2D eigenvalue weighted by Gasteiger charge is -2.19. The monoisotopic (exact) mass is 315 g/mol. The van der Waals surface area contributed by atoms with E-state index >= 15 is 0 Å². The van der Waals surface area contributed by atoms with E-state index in [0.717, 1.165) is 6.54 Å². The number of halogens is 1. The first-order chi connectivity index (χ1) is 9.79. The van der Waals surface area contributed by atoms with Gasteiger partial charge >= 0.3 is 0 Å². The van der Waals surface area contributed by atoms with Crippen LogP contribution in [0.2, 0.25) is 0 Å². The molecule has 0 saturated carbocycles. The van der Waals surface area contributed by atoms with Crippen molar-refractivity contribution < 1.29 is 12.8 Å². The summed E-state index contributed by atoms with van der Waals surface area (Å²) < 4.78 is 36.4. The van der Waals surface area contributed by atoms with Crippen molar-refractivity contribution in [2.24, 2.45) is 5.92 Å². The molecule has 0 saturated heterocycles. The summed E-state index contributed by atoms with van der Waals surface area (Å²) in [6.07, 6.45) is 2.46. The molecule has 1 rings (SSSR count). The van der Waals surface area contributed by atoms with Crippen LogP contribution in [-0.4, -0.2) is 33.5 Å². The van der Waals surface area contributed by atoms with Crippen molar-refractivity contribution in [1.29, 1.82) is 0 Å². The fraction of sp³-hybridized carbons (Fsp3) is 0.625. The predicted octanol–water partition coefficient (Wildman–Crippen LogP) is 2.98. The van der Waals surface area contributed by atoms with Crippen LogP contribution in [0.1, 0.15) is 38.2 Å². The van der Waals surface area contributed by atoms with Crippen LogP contribution in [0.5, 0.6) is 0 Å². The maximum Gasteiger partial charge on any atom is 0.147 e. The van der Waals surface area contributed by atoms with E-state index in [1.165, 1.54) is 12.3 Å². The topological polar surface area (TPSA) is 46.2 Å². The number of nitrogens with one attached hydrogen (secondary N) is 1. The van der Waals surface area contributed by atoms with Gasteiger partial charge in [0, 0.05) is 18.6 Å². The molecule has 1 aromatic carbocycles. The van der Waals surface area contributed by atoms with Crippen molar-refractivity contribution >= 4 is 9.84 Å². The van der Waals surface area contributed by atoms with Crippen molar-refractivity contribution in [3.63, 3.8) is 0 Å². The van der Waals surface area contributed by atoms with E-state index in [1.807, 2.05) is 6.07 Å². The summed E-state index contributed by atoms with van der Waals surface area (Å²) in [6, 6.07) is 6.75. The fourth-order valence-electron chi connectivity index (χ4n) is 2.31. The third kappa shape index (κ3) is 7.58. The fourth-order valence-corrected chi connectivity index (χ4v) is 3.00. The van der Waals surface area contributed by atoms with Crippen LogP contribution in [0.4, 0.5) is 4.39 Å². The minimum atomic E-state index is -2.96. The van der Waals surface area contributed by atoms with Gasteiger partial charge in [-0.3, -0.25) is 0 Å². The molecular weight excluding hydrogens is 289 g/mol. The molecule has 21 heavy (non-hydrogen) atoms. The third-order valence-corrected chi connectivity index (χ3v) is 4.39. The molecule has 120 valence electrons. The molecule has 0 bridgehead atoms. The molecule has 1 N–H and O–H groups in total. The molecule has 1 atom stereocenters. The van der Waals surface area contributed by atoms with E-state index in [0.29, 0.717) is 30.9 Å². The summed E-state index contributed by atoms with van der Waals surface area (Å²) in [4.78, 5) is 0. The molecule has 0 fully saturated rings. The largest absolute Gasteiger partial charge is 0.316 e. The van der Waals surface area contributed by atoms with Gasteiger partial charge in [-0.2, -0.15) is 0 Å². The van der Waals surface area contributed by atoms with Crippen molar-refractivity contribution in [2.45, 2.75) is 32.6 Å². The highest BCUT2D eigenvalue weighted by Crippen LogP contribution is 2.23. The summed E-state index contributed by atoms with van der Waals surface area (Å²) >= 11 is 0. The van der Waals surface area contributed by atoms with Crippen LogP contribution < -0.4 is 5.32 Å². The minimum absolute atomic E-state index is 0.00620. The molecule has 3 nitrogen and oxygen atoms in total. The Bertz CT molecular complexity index is 529. The summed E-state index contributed by atoms with van der Waals surface area (Å²) in [7, 11) is -2.96. The molecule has 0 heterocycles.